The molecule has 1 aliphatic heterocycles. The number of hydrogen-bond acceptors (Lipinski definition) is 6. The van der Waals surface area contributed by atoms with Gasteiger partial charge in [0.2, 0.25) is 0 Å². The number of rotatable bonds is 2. The van der Waals surface area contributed by atoms with Crippen LogP contribution in [0.25, 0.3) is 11.2 Å². The van der Waals surface area contributed by atoms with Gasteiger partial charge < -0.3 is 9.80 Å². The molecule has 7 heteroatoms. The van der Waals surface area contributed by atoms with E-state index in [1.54, 1.807) is 6.20 Å². The molecule has 0 spiro atoms. The van der Waals surface area contributed by atoms with Gasteiger partial charge in [-0.05, 0) is 25.6 Å². The van der Waals surface area contributed by atoms with Crippen LogP contribution in [-0.2, 0) is 0 Å². The summed E-state index contributed by atoms with van der Waals surface area (Å²) in [5, 5.41) is 16.0. The van der Waals surface area contributed by atoms with Gasteiger partial charge in [-0.25, -0.2) is 9.97 Å². The second kappa shape index (κ2) is 5.25. The molecule has 0 aromatic carbocycles. The molecule has 7 nitrogen and oxygen atoms in total. The minimum absolute atomic E-state index is 0.245. The molecular weight excluding hydrogens is 266 g/mol. The Balaban J connectivity index is 2.16. The van der Waals surface area contributed by atoms with Gasteiger partial charge in [0.05, 0.1) is 11.9 Å². The van der Waals surface area contributed by atoms with E-state index < -0.39 is 0 Å². The Labute approximate surface area is 122 Å². The van der Waals surface area contributed by atoms with Crippen LogP contribution in [0.2, 0.25) is 0 Å². The second-order valence-electron chi connectivity index (χ2n) is 5.43. The lowest BCUT2D eigenvalue weighted by atomic mass is 10.3. The minimum Gasteiger partial charge on any atom is -0.351 e. The molecule has 0 atom stereocenters. The SMILES string of the molecule is Cc1cnc2nc(N3CCN(C)CC3)c(=N)n(C=N)c2c1. The fourth-order valence-electron chi connectivity index (χ4n) is 2.56. The van der Waals surface area contributed by atoms with Crippen molar-refractivity contribution < 1.29 is 0 Å². The molecule has 0 radical (unpaired) electrons. The first-order valence-electron chi connectivity index (χ1n) is 6.97. The van der Waals surface area contributed by atoms with Crippen molar-refractivity contribution in [3.8, 4) is 0 Å². The zero-order chi connectivity index (χ0) is 15.0. The number of piperazine rings is 1. The van der Waals surface area contributed by atoms with Gasteiger partial charge in [0.15, 0.2) is 17.0 Å². The molecule has 110 valence electrons. The summed E-state index contributed by atoms with van der Waals surface area (Å²) in [4.78, 5) is 13.3. The number of nitrogens with one attached hydrogen (secondary N) is 2. The van der Waals surface area contributed by atoms with Crippen LogP contribution < -0.4 is 10.4 Å². The van der Waals surface area contributed by atoms with Crippen LogP contribution in [0.1, 0.15) is 5.56 Å². The number of aromatic nitrogens is 3. The highest BCUT2D eigenvalue weighted by atomic mass is 15.3. The third-order valence-electron chi connectivity index (χ3n) is 3.84. The van der Waals surface area contributed by atoms with E-state index in [2.05, 4.69) is 26.8 Å². The van der Waals surface area contributed by atoms with Crippen LogP contribution in [0.15, 0.2) is 12.3 Å². The van der Waals surface area contributed by atoms with Crippen molar-refractivity contribution >= 4 is 23.3 Å². The Bertz CT molecular complexity index is 741. The van der Waals surface area contributed by atoms with Gasteiger partial charge in [-0.3, -0.25) is 15.4 Å². The van der Waals surface area contributed by atoms with Crippen LogP contribution >= 0.6 is 0 Å². The van der Waals surface area contributed by atoms with Gasteiger partial charge in [0.1, 0.15) is 0 Å². The molecular formula is C14H19N7. The number of likely N-dealkylation sites (N-methyl/N-ethyl adjacent to an activating group) is 1. The van der Waals surface area contributed by atoms with Gasteiger partial charge in [0, 0.05) is 32.4 Å². The summed E-state index contributed by atoms with van der Waals surface area (Å²) in [7, 11) is 2.09. The number of fused-ring (bicyclic) bond motifs is 1. The topological polar surface area (TPSA) is 84.9 Å². The van der Waals surface area contributed by atoms with Crippen molar-refractivity contribution in [2.24, 2.45) is 0 Å². The summed E-state index contributed by atoms with van der Waals surface area (Å²) in [6, 6.07) is 1.91. The molecule has 1 saturated heterocycles. The van der Waals surface area contributed by atoms with E-state index in [4.69, 9.17) is 10.8 Å². The molecule has 0 unspecified atom stereocenters. The summed E-state index contributed by atoms with van der Waals surface area (Å²) in [6.07, 6.45) is 2.92. The Morgan fingerprint density at radius 1 is 1.24 bits per heavy atom. The van der Waals surface area contributed by atoms with Crippen molar-refractivity contribution in [3.63, 3.8) is 0 Å². The van der Waals surface area contributed by atoms with Crippen LogP contribution in [0.4, 0.5) is 5.82 Å². The van der Waals surface area contributed by atoms with Crippen molar-refractivity contribution in [2.75, 3.05) is 38.1 Å². The fourth-order valence-corrected chi connectivity index (χ4v) is 2.56. The van der Waals surface area contributed by atoms with Crippen molar-refractivity contribution in [2.45, 2.75) is 6.92 Å². The van der Waals surface area contributed by atoms with E-state index in [1.165, 1.54) is 4.57 Å². The lowest BCUT2D eigenvalue weighted by Gasteiger charge is -2.33. The van der Waals surface area contributed by atoms with Gasteiger partial charge in [-0.1, -0.05) is 0 Å². The second-order valence-corrected chi connectivity index (χ2v) is 5.43. The fraction of sp³-hybridized carbons (Fsp3) is 0.429. The van der Waals surface area contributed by atoms with E-state index in [1.807, 2.05) is 13.0 Å². The molecule has 3 heterocycles. The molecule has 1 aliphatic rings. The maximum atomic E-state index is 8.35. The normalized spacial score (nSPS) is 16.4. The molecule has 0 aliphatic carbocycles. The van der Waals surface area contributed by atoms with Crippen LogP contribution in [-0.4, -0.2) is 59.0 Å². The molecule has 0 bridgehead atoms. The zero-order valence-corrected chi connectivity index (χ0v) is 12.3. The minimum atomic E-state index is 0.245. The van der Waals surface area contributed by atoms with E-state index in [0.717, 1.165) is 38.1 Å². The number of aryl methyl sites for hydroxylation is 1. The quantitative estimate of drug-likeness (QED) is 0.619. The molecule has 2 aromatic heterocycles. The molecule has 2 aromatic rings. The van der Waals surface area contributed by atoms with Gasteiger partial charge in [-0.2, -0.15) is 0 Å². The highest BCUT2D eigenvalue weighted by Gasteiger charge is 2.19. The summed E-state index contributed by atoms with van der Waals surface area (Å²) in [5.41, 5.74) is 2.52. The Hall–Kier alpha value is -2.28. The molecule has 21 heavy (non-hydrogen) atoms. The lowest BCUT2D eigenvalue weighted by molar-refractivity contribution is 0.311. The third kappa shape index (κ3) is 2.40. The van der Waals surface area contributed by atoms with Gasteiger partial charge >= 0.3 is 0 Å². The highest BCUT2D eigenvalue weighted by Crippen LogP contribution is 2.14. The average Bonchev–Trinajstić information content (AvgIpc) is 2.48. The van der Waals surface area contributed by atoms with Gasteiger partial charge in [-0.15, -0.1) is 0 Å². The summed E-state index contributed by atoms with van der Waals surface area (Å²) < 4.78 is 1.54. The molecule has 2 N–H and O–H groups in total. The van der Waals surface area contributed by atoms with E-state index >= 15 is 0 Å². The molecule has 0 saturated carbocycles. The van der Waals surface area contributed by atoms with Crippen LogP contribution in [0.5, 0.6) is 0 Å². The van der Waals surface area contributed by atoms with Crippen molar-refractivity contribution in [1.82, 2.24) is 19.4 Å². The first kappa shape index (κ1) is 13.7. The van der Waals surface area contributed by atoms with Gasteiger partial charge in [0.25, 0.3) is 0 Å². The zero-order valence-electron chi connectivity index (χ0n) is 12.3. The smallest absolute Gasteiger partial charge is 0.178 e. The maximum Gasteiger partial charge on any atom is 0.178 e. The molecule has 0 amide bonds. The average molecular weight is 285 g/mol. The summed E-state index contributed by atoms with van der Waals surface area (Å²) >= 11 is 0. The largest absolute Gasteiger partial charge is 0.351 e. The Morgan fingerprint density at radius 3 is 2.62 bits per heavy atom. The monoisotopic (exact) mass is 285 g/mol. The van der Waals surface area contributed by atoms with Crippen molar-refractivity contribution in [1.29, 1.82) is 10.8 Å². The Morgan fingerprint density at radius 2 is 1.95 bits per heavy atom. The number of hydrogen-bond donors (Lipinski definition) is 2. The predicted molar refractivity (Wildman–Crippen MR) is 82.0 cm³/mol. The molecule has 3 rings (SSSR count). The third-order valence-corrected chi connectivity index (χ3v) is 3.84. The predicted octanol–water partition coefficient (Wildman–Crippen LogP) is 0.426. The van der Waals surface area contributed by atoms with Crippen molar-refractivity contribution in [3.05, 3.63) is 23.3 Å². The number of nitrogens with zero attached hydrogens (tertiary/aromatic N) is 5. The maximum absolute atomic E-state index is 8.35. The first-order valence-corrected chi connectivity index (χ1v) is 6.97. The van der Waals surface area contributed by atoms with E-state index in [-0.39, 0.29) is 5.49 Å². The van der Waals surface area contributed by atoms with E-state index in [0.29, 0.717) is 17.0 Å². The molecule has 1 fully saturated rings. The van der Waals surface area contributed by atoms with E-state index in [9.17, 15) is 0 Å². The van der Waals surface area contributed by atoms with Crippen LogP contribution in [0, 0.1) is 17.7 Å². The Kier molecular flexibility index (Phi) is 3.42. The standard InChI is InChI=1S/C14H19N7/c1-10-7-11-13(17-8-10)18-14(12(16)21(11)9-15)20-5-3-19(2)4-6-20/h7-9,15-16H,3-6H2,1-2H3. The summed E-state index contributed by atoms with van der Waals surface area (Å²) in [5.74, 6) is 0.607. The first-order chi connectivity index (χ1) is 10.1. The number of anilines is 1. The highest BCUT2D eigenvalue weighted by molar-refractivity contribution is 5.80. The number of pyridine rings is 1. The summed E-state index contributed by atoms with van der Waals surface area (Å²) in [6.45, 7) is 5.52. The lowest BCUT2D eigenvalue weighted by Crippen LogP contribution is -2.47. The van der Waals surface area contributed by atoms with Crippen LogP contribution in [0.3, 0.4) is 0 Å².